The van der Waals surface area contributed by atoms with Crippen molar-refractivity contribution in [3.63, 3.8) is 0 Å². The molecule has 0 bridgehead atoms. The predicted molar refractivity (Wildman–Crippen MR) is 94.4 cm³/mol. The number of carbonyl (C=O) groups excluding carboxylic acids is 1. The van der Waals surface area contributed by atoms with Crippen LogP contribution in [0.2, 0.25) is 0 Å². The van der Waals surface area contributed by atoms with Crippen LogP contribution >= 0.6 is 0 Å². The lowest BCUT2D eigenvalue weighted by Gasteiger charge is -2.34. The number of piperazine rings is 1. The summed E-state index contributed by atoms with van der Waals surface area (Å²) in [6, 6.07) is 4.09. The molecule has 1 aromatic rings. The van der Waals surface area contributed by atoms with Crippen LogP contribution in [-0.2, 0) is 5.41 Å². The number of aryl methyl sites for hydroxylation is 1. The van der Waals surface area contributed by atoms with Crippen molar-refractivity contribution in [3.05, 3.63) is 28.8 Å². The molecule has 0 aromatic heterocycles. The first-order valence-corrected chi connectivity index (χ1v) is 8.48. The topological polar surface area (TPSA) is 32.8 Å². The number of rotatable bonds is 3. The molecule has 0 spiro atoms. The summed E-state index contributed by atoms with van der Waals surface area (Å²) in [4.78, 5) is 17.4. The van der Waals surface area contributed by atoms with E-state index in [-0.39, 0.29) is 11.3 Å². The lowest BCUT2D eigenvalue weighted by Crippen LogP contribution is -2.48. The van der Waals surface area contributed by atoms with E-state index >= 15 is 0 Å². The average molecular weight is 318 g/mol. The van der Waals surface area contributed by atoms with Crippen molar-refractivity contribution in [1.29, 1.82) is 0 Å². The lowest BCUT2D eigenvalue weighted by atomic mass is 9.84. The number of carbonyl (C=O) groups is 1. The van der Waals surface area contributed by atoms with E-state index in [1.807, 2.05) is 17.9 Å². The van der Waals surface area contributed by atoms with Gasteiger partial charge in [0, 0.05) is 31.7 Å². The van der Waals surface area contributed by atoms with Gasteiger partial charge >= 0.3 is 0 Å². The molecule has 4 heteroatoms. The number of amides is 1. The summed E-state index contributed by atoms with van der Waals surface area (Å²) in [7, 11) is 1.66. The number of benzene rings is 1. The zero-order valence-electron chi connectivity index (χ0n) is 15.4. The average Bonchev–Trinajstić information content (AvgIpc) is 2.52. The van der Waals surface area contributed by atoms with Gasteiger partial charge in [0.25, 0.3) is 5.91 Å². The Kier molecular flexibility index (Phi) is 5.35. The Morgan fingerprint density at radius 2 is 1.78 bits per heavy atom. The van der Waals surface area contributed by atoms with Crippen molar-refractivity contribution in [2.75, 3.05) is 39.8 Å². The Balaban J connectivity index is 2.35. The van der Waals surface area contributed by atoms with E-state index in [0.29, 0.717) is 5.56 Å². The molecular weight excluding hydrogens is 288 g/mol. The molecule has 0 atom stereocenters. The van der Waals surface area contributed by atoms with Crippen LogP contribution in [0.5, 0.6) is 5.75 Å². The highest BCUT2D eigenvalue weighted by Crippen LogP contribution is 2.35. The summed E-state index contributed by atoms with van der Waals surface area (Å²) in [5.41, 5.74) is 2.83. The van der Waals surface area contributed by atoms with Gasteiger partial charge in [0.1, 0.15) is 5.75 Å². The van der Waals surface area contributed by atoms with Crippen LogP contribution in [0.25, 0.3) is 0 Å². The monoisotopic (exact) mass is 318 g/mol. The normalized spacial score (nSPS) is 16.5. The van der Waals surface area contributed by atoms with Crippen LogP contribution in [0.1, 0.15) is 49.2 Å². The molecular formula is C19H30N2O2. The van der Waals surface area contributed by atoms with Crippen molar-refractivity contribution in [3.8, 4) is 5.75 Å². The third-order valence-corrected chi connectivity index (χ3v) is 4.58. The highest BCUT2D eigenvalue weighted by atomic mass is 16.5. The first-order chi connectivity index (χ1) is 10.8. The van der Waals surface area contributed by atoms with Gasteiger partial charge in [-0.1, -0.05) is 33.8 Å². The van der Waals surface area contributed by atoms with E-state index in [0.717, 1.165) is 49.6 Å². The Labute approximate surface area is 140 Å². The lowest BCUT2D eigenvalue weighted by molar-refractivity contribution is 0.0639. The fourth-order valence-electron chi connectivity index (χ4n) is 3.15. The maximum atomic E-state index is 13.0. The molecule has 4 nitrogen and oxygen atoms in total. The Morgan fingerprint density at radius 3 is 2.26 bits per heavy atom. The highest BCUT2D eigenvalue weighted by Gasteiger charge is 2.28. The van der Waals surface area contributed by atoms with Gasteiger partial charge in [0.15, 0.2) is 0 Å². The summed E-state index contributed by atoms with van der Waals surface area (Å²) in [6.07, 6.45) is 0. The Morgan fingerprint density at radius 1 is 1.17 bits per heavy atom. The molecule has 128 valence electrons. The van der Waals surface area contributed by atoms with Crippen LogP contribution in [-0.4, -0.2) is 55.5 Å². The standard InChI is InChI=1S/C19H30N2O2/c1-7-20-8-10-21(11-9-20)18(22)15-12-14(2)13-16(17(15)23-6)19(3,4)5/h12-13H,7-11H2,1-6H3. The van der Waals surface area contributed by atoms with Gasteiger partial charge in [-0.25, -0.2) is 0 Å². The van der Waals surface area contributed by atoms with E-state index in [1.165, 1.54) is 0 Å². The molecule has 2 rings (SSSR count). The first-order valence-electron chi connectivity index (χ1n) is 8.48. The van der Waals surface area contributed by atoms with Gasteiger partial charge in [-0.2, -0.15) is 0 Å². The number of hydrogen-bond acceptors (Lipinski definition) is 3. The molecule has 1 amide bonds. The summed E-state index contributed by atoms with van der Waals surface area (Å²) in [5.74, 6) is 0.817. The molecule has 1 aliphatic rings. The second kappa shape index (κ2) is 6.91. The van der Waals surface area contributed by atoms with Gasteiger partial charge in [0.05, 0.1) is 12.7 Å². The third-order valence-electron chi connectivity index (χ3n) is 4.58. The van der Waals surface area contributed by atoms with Gasteiger partial charge < -0.3 is 14.5 Å². The second-order valence-corrected chi connectivity index (χ2v) is 7.37. The van der Waals surface area contributed by atoms with Crippen LogP contribution in [0.4, 0.5) is 0 Å². The number of hydrogen-bond donors (Lipinski definition) is 0. The molecule has 0 saturated carbocycles. The SMILES string of the molecule is CCN1CCN(C(=O)c2cc(C)cc(C(C)(C)C)c2OC)CC1. The van der Waals surface area contributed by atoms with E-state index in [2.05, 4.69) is 38.7 Å². The summed E-state index contributed by atoms with van der Waals surface area (Å²) in [6.45, 7) is 15.2. The smallest absolute Gasteiger partial charge is 0.257 e. The number of nitrogens with zero attached hydrogens (tertiary/aromatic N) is 2. The van der Waals surface area contributed by atoms with Crippen LogP contribution in [0.3, 0.4) is 0 Å². The first kappa shape index (κ1) is 17.8. The van der Waals surface area contributed by atoms with E-state index in [9.17, 15) is 4.79 Å². The van der Waals surface area contributed by atoms with E-state index in [4.69, 9.17) is 4.74 Å². The van der Waals surface area contributed by atoms with Crippen LogP contribution < -0.4 is 4.74 Å². The molecule has 1 fully saturated rings. The minimum absolute atomic E-state index is 0.0622. The van der Waals surface area contributed by atoms with E-state index in [1.54, 1.807) is 7.11 Å². The molecule has 1 aromatic carbocycles. The largest absolute Gasteiger partial charge is 0.496 e. The van der Waals surface area contributed by atoms with Crippen molar-refractivity contribution in [1.82, 2.24) is 9.80 Å². The molecule has 0 unspecified atom stereocenters. The van der Waals surface area contributed by atoms with Gasteiger partial charge in [0.2, 0.25) is 0 Å². The molecule has 0 N–H and O–H groups in total. The van der Waals surface area contributed by atoms with Crippen molar-refractivity contribution in [2.45, 2.75) is 40.0 Å². The minimum atomic E-state index is -0.0622. The molecule has 23 heavy (non-hydrogen) atoms. The highest BCUT2D eigenvalue weighted by molar-refractivity contribution is 5.98. The maximum absolute atomic E-state index is 13.0. The third kappa shape index (κ3) is 3.86. The van der Waals surface area contributed by atoms with E-state index < -0.39 is 0 Å². The molecule has 1 aliphatic heterocycles. The Hall–Kier alpha value is -1.55. The summed E-state index contributed by atoms with van der Waals surface area (Å²) in [5, 5.41) is 0. The number of ether oxygens (including phenoxy) is 1. The zero-order chi connectivity index (χ0) is 17.2. The van der Waals surface area contributed by atoms with Gasteiger partial charge in [-0.05, 0) is 30.5 Å². The predicted octanol–water partition coefficient (Wildman–Crippen LogP) is 3.08. The molecule has 1 saturated heterocycles. The summed E-state index contributed by atoms with van der Waals surface area (Å²) >= 11 is 0. The summed E-state index contributed by atoms with van der Waals surface area (Å²) < 4.78 is 5.65. The van der Waals surface area contributed by atoms with Crippen molar-refractivity contribution < 1.29 is 9.53 Å². The number of methoxy groups -OCH3 is 1. The molecule has 0 radical (unpaired) electrons. The fourth-order valence-corrected chi connectivity index (χ4v) is 3.15. The van der Waals surface area contributed by atoms with Gasteiger partial charge in [-0.3, -0.25) is 4.79 Å². The van der Waals surface area contributed by atoms with Crippen molar-refractivity contribution in [2.24, 2.45) is 0 Å². The molecule has 1 heterocycles. The maximum Gasteiger partial charge on any atom is 0.257 e. The molecule has 0 aliphatic carbocycles. The second-order valence-electron chi connectivity index (χ2n) is 7.37. The quantitative estimate of drug-likeness (QED) is 0.858. The van der Waals surface area contributed by atoms with Gasteiger partial charge in [-0.15, -0.1) is 0 Å². The minimum Gasteiger partial charge on any atom is -0.496 e. The van der Waals surface area contributed by atoms with Crippen LogP contribution in [0, 0.1) is 6.92 Å². The zero-order valence-corrected chi connectivity index (χ0v) is 15.4. The number of likely N-dealkylation sites (N-methyl/N-ethyl adjacent to an activating group) is 1. The van der Waals surface area contributed by atoms with Crippen LogP contribution in [0.15, 0.2) is 12.1 Å². The Bertz CT molecular complexity index is 567. The fraction of sp³-hybridized carbons (Fsp3) is 0.632. The van der Waals surface area contributed by atoms with Crippen molar-refractivity contribution >= 4 is 5.91 Å².